The number of thiocarbonyl (C=S) groups is 1. The molecule has 0 atom stereocenters. The first-order valence-corrected chi connectivity index (χ1v) is 7.21. The molecule has 0 bridgehead atoms. The zero-order valence-corrected chi connectivity index (χ0v) is 12.5. The first kappa shape index (κ1) is 14.8. The molecule has 4 nitrogen and oxygen atoms in total. The minimum Gasteiger partial charge on any atom is -0.496 e. The van der Waals surface area contributed by atoms with Gasteiger partial charge in [-0.05, 0) is 18.9 Å². The van der Waals surface area contributed by atoms with E-state index < -0.39 is 5.41 Å². The molecule has 1 aliphatic rings. The van der Waals surface area contributed by atoms with Gasteiger partial charge in [0.1, 0.15) is 5.75 Å². The van der Waals surface area contributed by atoms with E-state index >= 15 is 0 Å². The third-order valence-electron chi connectivity index (χ3n) is 4.00. The lowest BCUT2D eigenvalue weighted by Crippen LogP contribution is -2.47. The van der Waals surface area contributed by atoms with Crippen LogP contribution in [0.5, 0.6) is 5.75 Å². The first-order valence-electron chi connectivity index (χ1n) is 6.80. The number of methoxy groups -OCH3 is 1. The van der Waals surface area contributed by atoms with Crippen molar-refractivity contribution in [2.24, 2.45) is 11.1 Å². The minimum absolute atomic E-state index is 0.0617. The summed E-state index contributed by atoms with van der Waals surface area (Å²) in [4.78, 5) is 12.8. The molecule has 0 saturated heterocycles. The van der Waals surface area contributed by atoms with Gasteiger partial charge in [0.05, 0.1) is 17.5 Å². The van der Waals surface area contributed by atoms with E-state index in [4.69, 9.17) is 22.7 Å². The molecular weight excluding hydrogens is 272 g/mol. The average molecular weight is 292 g/mol. The number of nitrogens with one attached hydrogen (secondary N) is 1. The molecule has 0 unspecified atom stereocenters. The number of nitrogens with two attached hydrogens (primary N) is 1. The maximum Gasteiger partial charge on any atom is 0.233 e. The van der Waals surface area contributed by atoms with E-state index in [1.807, 2.05) is 24.3 Å². The number of carbonyl (C=O) groups excluding carboxylic acids is 1. The Labute approximate surface area is 124 Å². The highest BCUT2D eigenvalue weighted by atomic mass is 32.1. The number of benzene rings is 1. The molecular formula is C15H20N2O2S. The third-order valence-corrected chi connectivity index (χ3v) is 4.39. The maximum atomic E-state index is 12.5. The van der Waals surface area contributed by atoms with Crippen molar-refractivity contribution in [3.05, 3.63) is 29.8 Å². The Balaban J connectivity index is 2.06. The van der Waals surface area contributed by atoms with Crippen molar-refractivity contribution in [3.63, 3.8) is 0 Å². The van der Waals surface area contributed by atoms with Gasteiger partial charge in [-0.2, -0.15) is 0 Å². The monoisotopic (exact) mass is 292 g/mol. The van der Waals surface area contributed by atoms with E-state index in [2.05, 4.69) is 5.32 Å². The molecule has 20 heavy (non-hydrogen) atoms. The Kier molecular flexibility index (Phi) is 4.60. The highest BCUT2D eigenvalue weighted by Gasteiger charge is 2.43. The van der Waals surface area contributed by atoms with E-state index in [0.717, 1.165) is 37.0 Å². The molecule has 0 spiro atoms. The fourth-order valence-corrected chi connectivity index (χ4v) is 3.05. The summed E-state index contributed by atoms with van der Waals surface area (Å²) in [6.45, 7) is 0.424. The first-order chi connectivity index (χ1) is 9.60. The van der Waals surface area contributed by atoms with Crippen molar-refractivity contribution in [3.8, 4) is 5.75 Å². The van der Waals surface area contributed by atoms with Crippen molar-refractivity contribution in [1.29, 1.82) is 0 Å². The predicted molar refractivity (Wildman–Crippen MR) is 82.5 cm³/mol. The molecule has 1 aliphatic carbocycles. The molecule has 1 aromatic carbocycles. The third kappa shape index (κ3) is 2.77. The van der Waals surface area contributed by atoms with Crippen molar-refractivity contribution < 1.29 is 9.53 Å². The summed E-state index contributed by atoms with van der Waals surface area (Å²) in [5, 5.41) is 2.95. The summed E-state index contributed by atoms with van der Waals surface area (Å²) in [5.41, 5.74) is 6.09. The second-order valence-electron chi connectivity index (χ2n) is 5.15. The average Bonchev–Trinajstić information content (AvgIpc) is 2.96. The smallest absolute Gasteiger partial charge is 0.233 e. The lowest BCUT2D eigenvalue weighted by molar-refractivity contribution is -0.127. The van der Waals surface area contributed by atoms with Crippen LogP contribution in [0.2, 0.25) is 0 Å². The largest absolute Gasteiger partial charge is 0.496 e. The molecule has 0 radical (unpaired) electrons. The quantitative estimate of drug-likeness (QED) is 0.816. The SMILES string of the molecule is COc1ccccc1CNC(=O)C1(C(N)=S)CCCC1. The van der Waals surface area contributed by atoms with Gasteiger partial charge in [0.15, 0.2) is 0 Å². The molecule has 108 valence electrons. The normalized spacial score (nSPS) is 16.6. The maximum absolute atomic E-state index is 12.5. The lowest BCUT2D eigenvalue weighted by atomic mass is 9.85. The number of carbonyl (C=O) groups is 1. The Bertz CT molecular complexity index is 510. The summed E-state index contributed by atoms with van der Waals surface area (Å²) < 4.78 is 5.27. The van der Waals surface area contributed by atoms with Crippen molar-refractivity contribution in [1.82, 2.24) is 5.32 Å². The summed E-state index contributed by atoms with van der Waals surface area (Å²) >= 11 is 5.12. The van der Waals surface area contributed by atoms with Gasteiger partial charge in [-0.25, -0.2) is 0 Å². The number of rotatable bonds is 5. The molecule has 1 aromatic rings. The van der Waals surface area contributed by atoms with Gasteiger partial charge in [-0.1, -0.05) is 43.3 Å². The van der Waals surface area contributed by atoms with Crippen LogP contribution < -0.4 is 15.8 Å². The van der Waals surface area contributed by atoms with E-state index in [9.17, 15) is 4.79 Å². The van der Waals surface area contributed by atoms with Crippen LogP contribution in [-0.2, 0) is 11.3 Å². The molecule has 0 aromatic heterocycles. The van der Waals surface area contributed by atoms with Crippen LogP contribution in [0.4, 0.5) is 0 Å². The van der Waals surface area contributed by atoms with Crippen LogP contribution in [0.1, 0.15) is 31.2 Å². The molecule has 5 heteroatoms. The predicted octanol–water partition coefficient (Wildman–Crippen LogP) is 2.16. The molecule has 2 rings (SSSR count). The summed E-state index contributed by atoms with van der Waals surface area (Å²) in [5.74, 6) is 0.706. The van der Waals surface area contributed by atoms with Crippen LogP contribution in [0, 0.1) is 5.41 Å². The standard InChI is InChI=1S/C15H20N2O2S/c1-19-12-7-3-2-6-11(12)10-17-14(18)15(13(16)20)8-4-5-9-15/h2-3,6-7H,4-5,8-10H2,1H3,(H2,16,20)(H,17,18). The number of hydrogen-bond donors (Lipinski definition) is 2. The lowest BCUT2D eigenvalue weighted by Gasteiger charge is -2.26. The Morgan fingerprint density at radius 1 is 1.40 bits per heavy atom. The highest BCUT2D eigenvalue weighted by molar-refractivity contribution is 7.80. The Morgan fingerprint density at radius 3 is 2.65 bits per heavy atom. The molecule has 1 saturated carbocycles. The highest BCUT2D eigenvalue weighted by Crippen LogP contribution is 2.38. The van der Waals surface area contributed by atoms with E-state index in [-0.39, 0.29) is 5.91 Å². The van der Waals surface area contributed by atoms with Gasteiger partial charge in [-0.3, -0.25) is 4.79 Å². The topological polar surface area (TPSA) is 64.3 Å². The van der Waals surface area contributed by atoms with Crippen molar-refractivity contribution in [2.45, 2.75) is 32.2 Å². The van der Waals surface area contributed by atoms with Crippen LogP contribution in [0.15, 0.2) is 24.3 Å². The second-order valence-corrected chi connectivity index (χ2v) is 5.59. The Morgan fingerprint density at radius 2 is 2.05 bits per heavy atom. The van der Waals surface area contributed by atoms with Gasteiger partial charge in [0, 0.05) is 12.1 Å². The molecule has 0 aliphatic heterocycles. The van der Waals surface area contributed by atoms with Crippen LogP contribution >= 0.6 is 12.2 Å². The van der Waals surface area contributed by atoms with E-state index in [0.29, 0.717) is 11.5 Å². The summed E-state index contributed by atoms with van der Waals surface area (Å²) in [7, 11) is 1.62. The fourth-order valence-electron chi connectivity index (χ4n) is 2.76. The molecule has 1 fully saturated rings. The van der Waals surface area contributed by atoms with Crippen molar-refractivity contribution in [2.75, 3.05) is 7.11 Å². The van der Waals surface area contributed by atoms with Crippen molar-refractivity contribution >= 4 is 23.1 Å². The second kappa shape index (κ2) is 6.22. The zero-order chi connectivity index (χ0) is 14.6. The molecule has 3 N–H and O–H groups in total. The molecule has 0 heterocycles. The van der Waals surface area contributed by atoms with Gasteiger partial charge in [0.2, 0.25) is 5.91 Å². The van der Waals surface area contributed by atoms with Crippen LogP contribution in [0.25, 0.3) is 0 Å². The number of hydrogen-bond acceptors (Lipinski definition) is 3. The Hall–Kier alpha value is -1.62. The van der Waals surface area contributed by atoms with Gasteiger partial charge >= 0.3 is 0 Å². The summed E-state index contributed by atoms with van der Waals surface area (Å²) in [6, 6.07) is 7.63. The van der Waals surface area contributed by atoms with Crippen LogP contribution in [-0.4, -0.2) is 18.0 Å². The van der Waals surface area contributed by atoms with Gasteiger partial charge in [-0.15, -0.1) is 0 Å². The summed E-state index contributed by atoms with van der Waals surface area (Å²) in [6.07, 6.45) is 3.50. The fraction of sp³-hybridized carbons (Fsp3) is 0.467. The minimum atomic E-state index is -0.655. The zero-order valence-electron chi connectivity index (χ0n) is 11.6. The van der Waals surface area contributed by atoms with Crippen LogP contribution in [0.3, 0.4) is 0 Å². The van der Waals surface area contributed by atoms with Gasteiger partial charge < -0.3 is 15.8 Å². The molecule has 1 amide bonds. The van der Waals surface area contributed by atoms with E-state index in [1.165, 1.54) is 0 Å². The number of para-hydroxylation sites is 1. The van der Waals surface area contributed by atoms with E-state index in [1.54, 1.807) is 7.11 Å². The number of amides is 1. The number of ether oxygens (including phenoxy) is 1. The van der Waals surface area contributed by atoms with Gasteiger partial charge in [0.25, 0.3) is 0 Å².